The lowest BCUT2D eigenvalue weighted by atomic mass is 10.1. The van der Waals surface area contributed by atoms with Gasteiger partial charge in [0, 0.05) is 11.9 Å². The van der Waals surface area contributed by atoms with Crippen molar-refractivity contribution in [3.8, 4) is 9.88 Å². The van der Waals surface area contributed by atoms with Crippen LogP contribution in [0.3, 0.4) is 0 Å². The zero-order valence-corrected chi connectivity index (χ0v) is 14.6. The Hall–Kier alpha value is -1.80. The van der Waals surface area contributed by atoms with Crippen LogP contribution in [0.4, 0.5) is 4.39 Å². The van der Waals surface area contributed by atoms with Crippen molar-refractivity contribution in [3.63, 3.8) is 0 Å². The predicted molar refractivity (Wildman–Crippen MR) is 94.1 cm³/mol. The van der Waals surface area contributed by atoms with Gasteiger partial charge in [0.05, 0.1) is 15.3 Å². The Morgan fingerprint density at radius 1 is 1.38 bits per heavy atom. The maximum atomic E-state index is 13.1. The molecule has 3 aromatic rings. The quantitative estimate of drug-likeness (QED) is 0.697. The van der Waals surface area contributed by atoms with Gasteiger partial charge in [-0.2, -0.15) is 0 Å². The molecule has 0 aliphatic heterocycles. The van der Waals surface area contributed by atoms with Crippen molar-refractivity contribution in [3.05, 3.63) is 63.2 Å². The molecule has 0 saturated heterocycles. The lowest BCUT2D eigenvalue weighted by Gasteiger charge is -2.11. The van der Waals surface area contributed by atoms with Gasteiger partial charge in [-0.15, -0.1) is 22.7 Å². The normalized spacial score (nSPS) is 12.1. The molecule has 0 aliphatic rings. The first-order chi connectivity index (χ1) is 11.5. The number of nitrogens with one attached hydrogen (secondary N) is 1. The molecule has 2 aromatic heterocycles. The van der Waals surface area contributed by atoms with Crippen LogP contribution in [0.5, 0.6) is 0 Å². The van der Waals surface area contributed by atoms with Crippen LogP contribution in [-0.2, 0) is 0 Å². The van der Waals surface area contributed by atoms with Crippen LogP contribution in [0.2, 0.25) is 4.34 Å². The monoisotopic (exact) mass is 382 g/mol. The van der Waals surface area contributed by atoms with Gasteiger partial charge in [-0.05, 0) is 29.8 Å². The first-order valence-electron chi connectivity index (χ1n) is 6.96. The van der Waals surface area contributed by atoms with Crippen LogP contribution < -0.4 is 5.32 Å². The molecule has 124 valence electrons. The SMILES string of the molecule is O=C(NCC(O)c1cccc(F)c1)c1csc(-c2ccc(Cl)s2)n1. The van der Waals surface area contributed by atoms with Crippen LogP contribution in [0.15, 0.2) is 41.8 Å². The number of aliphatic hydroxyl groups excluding tert-OH is 1. The van der Waals surface area contributed by atoms with Gasteiger partial charge in [-0.3, -0.25) is 4.79 Å². The van der Waals surface area contributed by atoms with Crippen molar-refractivity contribution >= 4 is 40.2 Å². The van der Waals surface area contributed by atoms with Crippen molar-refractivity contribution in [1.82, 2.24) is 10.3 Å². The molecule has 0 saturated carbocycles. The van der Waals surface area contributed by atoms with E-state index in [0.717, 1.165) is 4.88 Å². The molecule has 0 radical (unpaired) electrons. The van der Waals surface area contributed by atoms with Crippen LogP contribution >= 0.6 is 34.3 Å². The Balaban J connectivity index is 1.62. The molecule has 1 unspecified atom stereocenters. The van der Waals surface area contributed by atoms with Crippen molar-refractivity contribution < 1.29 is 14.3 Å². The van der Waals surface area contributed by atoms with Gasteiger partial charge in [-0.25, -0.2) is 9.37 Å². The minimum atomic E-state index is -0.987. The fourth-order valence-corrected chi connectivity index (χ4v) is 3.95. The summed E-state index contributed by atoms with van der Waals surface area (Å²) in [7, 11) is 0. The van der Waals surface area contributed by atoms with E-state index in [1.165, 1.54) is 40.9 Å². The topological polar surface area (TPSA) is 62.2 Å². The summed E-state index contributed by atoms with van der Waals surface area (Å²) < 4.78 is 13.8. The van der Waals surface area contributed by atoms with Crippen LogP contribution in [0, 0.1) is 5.82 Å². The number of aliphatic hydroxyl groups is 1. The number of hydrogen-bond acceptors (Lipinski definition) is 5. The number of carbonyl (C=O) groups is 1. The number of amides is 1. The van der Waals surface area contributed by atoms with Gasteiger partial charge in [-0.1, -0.05) is 23.7 Å². The molecule has 8 heteroatoms. The first-order valence-corrected chi connectivity index (χ1v) is 9.03. The average molecular weight is 383 g/mol. The lowest BCUT2D eigenvalue weighted by Crippen LogP contribution is -2.28. The second-order valence-corrected chi connectivity index (χ2v) is 7.50. The fourth-order valence-electron chi connectivity index (χ4n) is 2.03. The number of halogens is 2. The summed E-state index contributed by atoms with van der Waals surface area (Å²) in [5.74, 6) is -0.827. The standard InChI is InChI=1S/C16H12ClFN2O2S2/c17-14-5-4-13(24-14)16-20-11(8-23-16)15(22)19-7-12(21)9-2-1-3-10(18)6-9/h1-6,8,12,21H,7H2,(H,19,22). The van der Waals surface area contributed by atoms with Gasteiger partial charge in [0.15, 0.2) is 0 Å². The maximum absolute atomic E-state index is 13.1. The third kappa shape index (κ3) is 3.99. The van der Waals surface area contributed by atoms with E-state index in [1.807, 2.05) is 6.07 Å². The Morgan fingerprint density at radius 2 is 2.21 bits per heavy atom. The molecule has 3 rings (SSSR count). The summed E-state index contributed by atoms with van der Waals surface area (Å²) in [6.07, 6.45) is -0.987. The summed E-state index contributed by atoms with van der Waals surface area (Å²) in [5, 5.41) is 15.0. The van der Waals surface area contributed by atoms with Crippen LogP contribution in [-0.4, -0.2) is 22.5 Å². The van der Waals surface area contributed by atoms with E-state index in [2.05, 4.69) is 10.3 Å². The molecule has 1 atom stereocenters. The molecule has 0 aliphatic carbocycles. The van der Waals surface area contributed by atoms with Gasteiger partial charge in [0.1, 0.15) is 16.5 Å². The third-order valence-electron chi connectivity index (χ3n) is 3.21. The highest BCUT2D eigenvalue weighted by Gasteiger charge is 2.15. The molecule has 0 fully saturated rings. The molecule has 1 amide bonds. The smallest absolute Gasteiger partial charge is 0.270 e. The van der Waals surface area contributed by atoms with Crippen LogP contribution in [0.1, 0.15) is 22.2 Å². The summed E-state index contributed by atoms with van der Waals surface area (Å²) in [6, 6.07) is 9.26. The highest BCUT2D eigenvalue weighted by Crippen LogP contribution is 2.32. The Kier molecular flexibility index (Phi) is 5.25. The zero-order valence-electron chi connectivity index (χ0n) is 12.2. The van der Waals surface area contributed by atoms with Crippen LogP contribution in [0.25, 0.3) is 9.88 Å². The van der Waals surface area contributed by atoms with E-state index in [4.69, 9.17) is 11.6 Å². The number of thiazole rings is 1. The van der Waals surface area contributed by atoms with Gasteiger partial charge < -0.3 is 10.4 Å². The number of aromatic nitrogens is 1. The fraction of sp³-hybridized carbons (Fsp3) is 0.125. The minimum absolute atomic E-state index is 0.0278. The average Bonchev–Trinajstić information content (AvgIpc) is 3.21. The number of rotatable bonds is 5. The third-order valence-corrected chi connectivity index (χ3v) is 5.45. The summed E-state index contributed by atoms with van der Waals surface area (Å²) in [4.78, 5) is 17.3. The van der Waals surface area contributed by atoms with Gasteiger partial charge >= 0.3 is 0 Å². The maximum Gasteiger partial charge on any atom is 0.270 e. The lowest BCUT2D eigenvalue weighted by molar-refractivity contribution is 0.0912. The Morgan fingerprint density at radius 3 is 2.92 bits per heavy atom. The highest BCUT2D eigenvalue weighted by atomic mass is 35.5. The molecule has 2 heterocycles. The minimum Gasteiger partial charge on any atom is -0.387 e. The number of benzene rings is 1. The number of hydrogen-bond donors (Lipinski definition) is 2. The van der Waals surface area contributed by atoms with E-state index < -0.39 is 17.8 Å². The predicted octanol–water partition coefficient (Wildman–Crippen LogP) is 4.13. The largest absolute Gasteiger partial charge is 0.387 e. The Bertz CT molecular complexity index is 865. The number of nitrogens with zero attached hydrogens (tertiary/aromatic N) is 1. The zero-order chi connectivity index (χ0) is 17.1. The number of carbonyl (C=O) groups excluding carboxylic acids is 1. The summed E-state index contributed by atoms with van der Waals surface area (Å²) in [6.45, 7) is -0.0278. The first kappa shape index (κ1) is 17.0. The van der Waals surface area contributed by atoms with Crippen molar-refractivity contribution in [2.24, 2.45) is 0 Å². The van der Waals surface area contributed by atoms with E-state index >= 15 is 0 Å². The summed E-state index contributed by atoms with van der Waals surface area (Å²) in [5.41, 5.74) is 0.674. The molecule has 24 heavy (non-hydrogen) atoms. The second-order valence-electron chi connectivity index (χ2n) is 4.92. The molecule has 4 nitrogen and oxygen atoms in total. The Labute approximate surface area is 150 Å². The highest BCUT2D eigenvalue weighted by molar-refractivity contribution is 7.23. The van der Waals surface area contributed by atoms with Gasteiger partial charge in [0.2, 0.25) is 0 Å². The van der Waals surface area contributed by atoms with Crippen molar-refractivity contribution in [2.75, 3.05) is 6.54 Å². The molecular weight excluding hydrogens is 371 g/mol. The van der Waals surface area contributed by atoms with E-state index in [-0.39, 0.29) is 12.2 Å². The number of thiophene rings is 1. The molecule has 0 bridgehead atoms. The van der Waals surface area contributed by atoms with E-state index in [1.54, 1.807) is 17.5 Å². The molecule has 2 N–H and O–H groups in total. The molecule has 0 spiro atoms. The van der Waals surface area contributed by atoms with E-state index in [9.17, 15) is 14.3 Å². The molecule has 1 aromatic carbocycles. The van der Waals surface area contributed by atoms with Crippen molar-refractivity contribution in [2.45, 2.75) is 6.10 Å². The summed E-state index contributed by atoms with van der Waals surface area (Å²) >= 11 is 8.63. The van der Waals surface area contributed by atoms with Gasteiger partial charge in [0.25, 0.3) is 5.91 Å². The second kappa shape index (κ2) is 7.40. The van der Waals surface area contributed by atoms with E-state index in [0.29, 0.717) is 14.9 Å². The molecular formula is C16H12ClFN2O2S2. The van der Waals surface area contributed by atoms with Crippen molar-refractivity contribution in [1.29, 1.82) is 0 Å².